The molecule has 0 aromatic heterocycles. The molecule has 0 N–H and O–H groups in total. The fourth-order valence-electron chi connectivity index (χ4n) is 4.67. The minimum absolute atomic E-state index is 0.0550. The Morgan fingerprint density at radius 3 is 1.91 bits per heavy atom. The molecule has 1 aromatic carbocycles. The number of nitrogens with zero attached hydrogens (tertiary/aromatic N) is 2. The topological polar surface area (TPSA) is 42.0 Å². The number of hydrogen-bond acceptors (Lipinski definition) is 5. The van der Waals surface area contributed by atoms with Crippen molar-refractivity contribution >= 4 is 5.97 Å². The van der Waals surface area contributed by atoms with E-state index in [0.717, 1.165) is 57.4 Å². The van der Waals surface area contributed by atoms with E-state index >= 15 is 0 Å². The van der Waals surface area contributed by atoms with Crippen LogP contribution in [0.1, 0.15) is 65.4 Å². The highest BCUT2D eigenvalue weighted by Crippen LogP contribution is 2.43. The average Bonchev–Trinajstić information content (AvgIpc) is 2.91. The molecule has 0 radical (unpaired) electrons. The third-order valence-corrected chi connectivity index (χ3v) is 6.98. The summed E-state index contributed by atoms with van der Waals surface area (Å²) in [6.07, 6.45) is 5.24. The van der Waals surface area contributed by atoms with E-state index in [1.807, 2.05) is 30.3 Å². The molecular formula is C30H44N2O3. The van der Waals surface area contributed by atoms with Gasteiger partial charge in [0.2, 0.25) is 0 Å². The van der Waals surface area contributed by atoms with Crippen LogP contribution in [0.5, 0.6) is 0 Å². The molecule has 0 bridgehead atoms. The molecule has 1 aromatic rings. The van der Waals surface area contributed by atoms with Crippen molar-refractivity contribution in [3.63, 3.8) is 0 Å². The van der Waals surface area contributed by atoms with Crippen molar-refractivity contribution in [1.29, 1.82) is 0 Å². The van der Waals surface area contributed by atoms with E-state index in [9.17, 15) is 4.79 Å². The number of benzene rings is 1. The Hall–Kier alpha value is -2.31. The van der Waals surface area contributed by atoms with Crippen molar-refractivity contribution in [2.75, 3.05) is 52.5 Å². The lowest BCUT2D eigenvalue weighted by Crippen LogP contribution is -2.47. The maximum atomic E-state index is 13.8. The van der Waals surface area contributed by atoms with Crippen LogP contribution in [0.2, 0.25) is 0 Å². The minimum atomic E-state index is -1.16. The molecule has 0 spiro atoms. The van der Waals surface area contributed by atoms with Crippen LogP contribution >= 0.6 is 0 Å². The highest BCUT2D eigenvalue weighted by molar-refractivity contribution is 5.82. The predicted molar refractivity (Wildman–Crippen MR) is 143 cm³/mol. The van der Waals surface area contributed by atoms with Crippen molar-refractivity contribution in [1.82, 2.24) is 9.80 Å². The van der Waals surface area contributed by atoms with Crippen LogP contribution in [-0.4, -0.2) is 68.3 Å². The van der Waals surface area contributed by atoms with Gasteiger partial charge in [-0.05, 0) is 44.6 Å². The standard InChI is InChI=1S/C30H44N2O3/c1-5-31(6-2)23-15-17-25-34-29(33)30(27-19-11-9-12-20-27,28-21-13-10-14-22-28)35-26-18-16-24-32(7-3)8-4/h9,11-12,19-20,28H,5-8,10,13-14,21-26H2,1-4H3. The van der Waals surface area contributed by atoms with Crippen LogP contribution in [-0.2, 0) is 19.9 Å². The van der Waals surface area contributed by atoms with Crippen LogP contribution in [0.3, 0.4) is 0 Å². The fourth-order valence-corrected chi connectivity index (χ4v) is 4.67. The van der Waals surface area contributed by atoms with Gasteiger partial charge in [-0.15, -0.1) is 0 Å². The van der Waals surface area contributed by atoms with Gasteiger partial charge in [0.05, 0.1) is 13.1 Å². The van der Waals surface area contributed by atoms with E-state index in [2.05, 4.69) is 61.2 Å². The highest BCUT2D eigenvalue weighted by atomic mass is 16.6. The van der Waals surface area contributed by atoms with Crippen LogP contribution in [0.25, 0.3) is 0 Å². The second-order valence-corrected chi connectivity index (χ2v) is 8.93. The van der Waals surface area contributed by atoms with Crippen molar-refractivity contribution < 1.29 is 14.3 Å². The van der Waals surface area contributed by atoms with Gasteiger partial charge in [0.25, 0.3) is 0 Å². The van der Waals surface area contributed by atoms with E-state index in [1.165, 1.54) is 6.42 Å². The molecule has 1 atom stereocenters. The lowest BCUT2D eigenvalue weighted by Gasteiger charge is -2.40. The average molecular weight is 481 g/mol. The molecule has 1 unspecified atom stereocenters. The first-order valence-electron chi connectivity index (χ1n) is 13.3. The van der Waals surface area contributed by atoms with E-state index < -0.39 is 5.60 Å². The van der Waals surface area contributed by atoms with E-state index in [0.29, 0.717) is 13.1 Å². The van der Waals surface area contributed by atoms with Gasteiger partial charge >= 0.3 is 5.97 Å². The molecule has 1 aliphatic rings. The van der Waals surface area contributed by atoms with Gasteiger partial charge in [-0.1, -0.05) is 101 Å². The number of carbonyl (C=O) groups excluding carboxylic acids is 1. The van der Waals surface area contributed by atoms with Gasteiger partial charge in [-0.2, -0.15) is 0 Å². The number of esters is 1. The molecule has 35 heavy (non-hydrogen) atoms. The Labute approximate surface area is 213 Å². The summed E-state index contributed by atoms with van der Waals surface area (Å²) in [5.41, 5.74) is -0.315. The Morgan fingerprint density at radius 1 is 0.829 bits per heavy atom. The van der Waals surface area contributed by atoms with Gasteiger partial charge in [0, 0.05) is 5.92 Å². The van der Waals surface area contributed by atoms with Gasteiger partial charge in [-0.25, -0.2) is 4.79 Å². The van der Waals surface area contributed by atoms with E-state index in [-0.39, 0.29) is 25.1 Å². The minimum Gasteiger partial charge on any atom is -0.450 e. The predicted octanol–water partition coefficient (Wildman–Crippen LogP) is 4.71. The smallest absolute Gasteiger partial charge is 0.344 e. The fraction of sp³-hybridized carbons (Fsp3) is 0.633. The van der Waals surface area contributed by atoms with Crippen LogP contribution in [0.4, 0.5) is 0 Å². The molecule has 5 nitrogen and oxygen atoms in total. The third kappa shape index (κ3) is 8.69. The first-order valence-corrected chi connectivity index (χ1v) is 13.3. The molecule has 192 valence electrons. The van der Waals surface area contributed by atoms with E-state index in [1.54, 1.807) is 0 Å². The summed E-state index contributed by atoms with van der Waals surface area (Å²) in [7, 11) is 0. The molecule has 2 rings (SSSR count). The zero-order valence-electron chi connectivity index (χ0n) is 22.3. The summed E-state index contributed by atoms with van der Waals surface area (Å²) in [6, 6.07) is 9.83. The highest BCUT2D eigenvalue weighted by Gasteiger charge is 2.50. The normalized spacial score (nSPS) is 15.6. The molecular weight excluding hydrogens is 436 g/mol. The van der Waals surface area contributed by atoms with Crippen molar-refractivity contribution in [3.05, 3.63) is 35.9 Å². The first-order chi connectivity index (χ1) is 17.1. The van der Waals surface area contributed by atoms with Gasteiger partial charge in [0.1, 0.15) is 6.61 Å². The van der Waals surface area contributed by atoms with Crippen molar-refractivity contribution in [2.24, 2.45) is 5.92 Å². The van der Waals surface area contributed by atoms with E-state index in [4.69, 9.17) is 9.47 Å². The SMILES string of the molecule is CCN(CC)CC#CCOC(=O)C(OCC#CCN(CC)CC)(c1ccccc1)C1CCCCC1. The molecule has 1 aliphatic carbocycles. The summed E-state index contributed by atoms with van der Waals surface area (Å²) in [5.74, 6) is 12.2. The summed E-state index contributed by atoms with van der Waals surface area (Å²) in [6.45, 7) is 14.0. The molecule has 0 amide bonds. The molecule has 0 aliphatic heterocycles. The summed E-state index contributed by atoms with van der Waals surface area (Å²) in [4.78, 5) is 18.2. The molecule has 1 fully saturated rings. The zero-order valence-corrected chi connectivity index (χ0v) is 22.3. The maximum Gasteiger partial charge on any atom is 0.344 e. The molecule has 0 heterocycles. The Bertz CT molecular complexity index is 850. The molecule has 5 heteroatoms. The van der Waals surface area contributed by atoms with Crippen molar-refractivity contribution in [2.45, 2.75) is 65.4 Å². The second-order valence-electron chi connectivity index (χ2n) is 8.93. The second kappa shape index (κ2) is 16.4. The van der Waals surface area contributed by atoms with Crippen LogP contribution in [0.15, 0.2) is 30.3 Å². The number of ether oxygens (including phenoxy) is 2. The summed E-state index contributed by atoms with van der Waals surface area (Å²) < 4.78 is 12.3. The lowest BCUT2D eigenvalue weighted by molar-refractivity contribution is -0.182. The third-order valence-electron chi connectivity index (χ3n) is 6.98. The Kier molecular flexibility index (Phi) is 13.5. The van der Waals surface area contributed by atoms with Crippen LogP contribution < -0.4 is 0 Å². The molecule has 0 saturated heterocycles. The summed E-state index contributed by atoms with van der Waals surface area (Å²) >= 11 is 0. The Balaban J connectivity index is 2.24. The van der Waals surface area contributed by atoms with Crippen LogP contribution in [0, 0.1) is 29.6 Å². The monoisotopic (exact) mass is 480 g/mol. The largest absolute Gasteiger partial charge is 0.450 e. The Morgan fingerprint density at radius 2 is 1.37 bits per heavy atom. The van der Waals surface area contributed by atoms with Crippen molar-refractivity contribution in [3.8, 4) is 23.7 Å². The zero-order chi connectivity index (χ0) is 25.4. The first kappa shape index (κ1) is 28.9. The maximum absolute atomic E-state index is 13.8. The molecule has 1 saturated carbocycles. The number of hydrogen-bond donors (Lipinski definition) is 0. The quantitative estimate of drug-likeness (QED) is 0.320. The van der Waals surface area contributed by atoms with Gasteiger partial charge in [-0.3, -0.25) is 9.80 Å². The lowest BCUT2D eigenvalue weighted by atomic mass is 9.73. The van der Waals surface area contributed by atoms with Gasteiger partial charge in [0.15, 0.2) is 12.2 Å². The number of rotatable bonds is 12. The summed E-state index contributed by atoms with van der Waals surface area (Å²) in [5, 5.41) is 0. The number of carbonyl (C=O) groups is 1. The van der Waals surface area contributed by atoms with Gasteiger partial charge < -0.3 is 9.47 Å².